The number of morpholine rings is 1. The molecule has 0 aliphatic carbocycles. The molecule has 0 bridgehead atoms. The molecule has 3 aromatic carbocycles. The first-order valence-electron chi connectivity index (χ1n) is 11.1. The third-order valence-electron chi connectivity index (χ3n) is 5.53. The minimum atomic E-state index is 0.149. The molecule has 0 amide bonds. The van der Waals surface area contributed by atoms with E-state index < -0.39 is 0 Å². The topological polar surface area (TPSA) is 108 Å². The minimum absolute atomic E-state index is 0.149. The summed E-state index contributed by atoms with van der Waals surface area (Å²) >= 11 is 0. The number of hydrogen-bond donors (Lipinski definition) is 3. The van der Waals surface area contributed by atoms with Crippen molar-refractivity contribution in [3.8, 4) is 5.75 Å². The molecule has 3 N–H and O–H groups in total. The van der Waals surface area contributed by atoms with Crippen LogP contribution >= 0.6 is 0 Å². The number of aryl methyl sites for hydroxylation is 1. The Morgan fingerprint density at radius 3 is 2.53 bits per heavy atom. The van der Waals surface area contributed by atoms with Crippen LogP contribution in [-0.4, -0.2) is 52.6 Å². The van der Waals surface area contributed by atoms with Gasteiger partial charge in [0.25, 0.3) is 0 Å². The molecule has 0 radical (unpaired) electrons. The van der Waals surface area contributed by atoms with E-state index in [0.717, 1.165) is 16.5 Å². The summed E-state index contributed by atoms with van der Waals surface area (Å²) in [6, 6.07) is 19.3. The Kier molecular flexibility index (Phi) is 6.17. The van der Waals surface area contributed by atoms with E-state index in [-0.39, 0.29) is 5.75 Å². The fourth-order valence-corrected chi connectivity index (χ4v) is 3.72. The van der Waals surface area contributed by atoms with Gasteiger partial charge in [-0.05, 0) is 35.9 Å². The average molecular weight is 456 g/mol. The third kappa shape index (κ3) is 4.89. The first-order chi connectivity index (χ1) is 16.7. The van der Waals surface area contributed by atoms with Crippen LogP contribution in [0.2, 0.25) is 0 Å². The first kappa shape index (κ1) is 21.6. The van der Waals surface area contributed by atoms with E-state index in [1.165, 1.54) is 5.56 Å². The predicted molar refractivity (Wildman–Crippen MR) is 134 cm³/mol. The van der Waals surface area contributed by atoms with Gasteiger partial charge in [-0.3, -0.25) is 0 Å². The number of anilines is 4. The lowest BCUT2D eigenvalue weighted by molar-refractivity contribution is 0.122. The van der Waals surface area contributed by atoms with Crippen molar-refractivity contribution < 1.29 is 9.84 Å². The van der Waals surface area contributed by atoms with Crippen LogP contribution in [-0.2, 0) is 4.74 Å². The van der Waals surface area contributed by atoms with Gasteiger partial charge in [-0.25, -0.2) is 5.43 Å². The van der Waals surface area contributed by atoms with Gasteiger partial charge in [-0.15, -0.1) is 0 Å². The Bertz CT molecular complexity index is 1320. The monoisotopic (exact) mass is 455 g/mol. The van der Waals surface area contributed by atoms with Crippen molar-refractivity contribution in [3.63, 3.8) is 0 Å². The summed E-state index contributed by atoms with van der Waals surface area (Å²) in [4.78, 5) is 15.7. The van der Waals surface area contributed by atoms with E-state index in [9.17, 15) is 5.11 Å². The second-order valence-electron chi connectivity index (χ2n) is 7.96. The van der Waals surface area contributed by atoms with Crippen LogP contribution in [0.25, 0.3) is 10.8 Å². The van der Waals surface area contributed by atoms with Crippen LogP contribution in [0.1, 0.15) is 11.1 Å². The lowest BCUT2D eigenvalue weighted by Gasteiger charge is -2.27. The summed E-state index contributed by atoms with van der Waals surface area (Å²) in [6.07, 6.45) is 1.57. The number of nitrogens with one attached hydrogen (secondary N) is 2. The van der Waals surface area contributed by atoms with Gasteiger partial charge >= 0.3 is 0 Å². The molecule has 1 aliphatic heterocycles. The van der Waals surface area contributed by atoms with Crippen LogP contribution in [0.3, 0.4) is 0 Å². The number of rotatable bonds is 6. The average Bonchev–Trinajstić information content (AvgIpc) is 2.87. The van der Waals surface area contributed by atoms with E-state index in [0.29, 0.717) is 49.7 Å². The maximum absolute atomic E-state index is 10.4. The number of hydrogen-bond acceptors (Lipinski definition) is 9. The Balaban J connectivity index is 1.43. The van der Waals surface area contributed by atoms with Gasteiger partial charge in [-0.1, -0.05) is 48.0 Å². The van der Waals surface area contributed by atoms with Crippen molar-refractivity contribution in [1.29, 1.82) is 0 Å². The number of fused-ring (bicyclic) bond motifs is 1. The van der Waals surface area contributed by atoms with Crippen molar-refractivity contribution in [2.24, 2.45) is 5.10 Å². The van der Waals surface area contributed by atoms with Gasteiger partial charge in [0.15, 0.2) is 0 Å². The molecule has 172 valence electrons. The second kappa shape index (κ2) is 9.72. The molecule has 0 spiro atoms. The smallest absolute Gasteiger partial charge is 0.250 e. The fraction of sp³-hybridized carbons (Fsp3) is 0.200. The standard InChI is InChI=1S/C25H25N7O2/c1-17-6-9-19(10-7-17)27-23-28-24(30-25(29-23)32-12-14-34-15-13-32)31-26-16-21-20-5-3-2-4-18(20)8-11-22(21)33/h2-11,16,33H,12-15H2,1H3,(H2,27,28,29,30,31)/b26-16+. The Morgan fingerprint density at radius 2 is 1.71 bits per heavy atom. The van der Waals surface area contributed by atoms with Crippen LogP contribution in [0.15, 0.2) is 65.8 Å². The van der Waals surface area contributed by atoms with E-state index in [4.69, 9.17) is 4.74 Å². The minimum Gasteiger partial charge on any atom is -0.507 e. The van der Waals surface area contributed by atoms with E-state index in [1.54, 1.807) is 12.3 Å². The molecule has 1 saturated heterocycles. The zero-order chi connectivity index (χ0) is 23.3. The van der Waals surface area contributed by atoms with Gasteiger partial charge in [0.1, 0.15) is 5.75 Å². The molecule has 4 aromatic rings. The predicted octanol–water partition coefficient (Wildman–Crippen LogP) is 4.07. The van der Waals surface area contributed by atoms with Crippen molar-refractivity contribution in [1.82, 2.24) is 15.0 Å². The lowest BCUT2D eigenvalue weighted by Crippen LogP contribution is -2.37. The van der Waals surface area contributed by atoms with Gasteiger partial charge in [0.2, 0.25) is 17.8 Å². The van der Waals surface area contributed by atoms with Crippen LogP contribution in [0, 0.1) is 6.92 Å². The van der Waals surface area contributed by atoms with Crippen LogP contribution < -0.4 is 15.6 Å². The first-order valence-corrected chi connectivity index (χ1v) is 11.1. The number of phenols is 1. The summed E-state index contributed by atoms with van der Waals surface area (Å²) in [5.74, 6) is 1.39. The summed E-state index contributed by atoms with van der Waals surface area (Å²) < 4.78 is 5.46. The van der Waals surface area contributed by atoms with Gasteiger partial charge in [0.05, 0.1) is 19.4 Å². The Morgan fingerprint density at radius 1 is 0.941 bits per heavy atom. The van der Waals surface area contributed by atoms with Crippen molar-refractivity contribution in [2.45, 2.75) is 6.92 Å². The highest BCUT2D eigenvalue weighted by molar-refractivity contribution is 6.02. The van der Waals surface area contributed by atoms with E-state index in [1.807, 2.05) is 61.5 Å². The molecule has 5 rings (SSSR count). The number of benzene rings is 3. The molecule has 1 aliphatic rings. The number of phenolic OH excluding ortho intramolecular Hbond substituents is 1. The van der Waals surface area contributed by atoms with E-state index in [2.05, 4.69) is 35.7 Å². The van der Waals surface area contributed by atoms with E-state index >= 15 is 0 Å². The molecule has 9 nitrogen and oxygen atoms in total. The highest BCUT2D eigenvalue weighted by atomic mass is 16.5. The zero-order valence-electron chi connectivity index (χ0n) is 18.8. The Labute approximate surface area is 197 Å². The third-order valence-corrected chi connectivity index (χ3v) is 5.53. The molecule has 2 heterocycles. The quantitative estimate of drug-likeness (QED) is 0.295. The molecule has 0 saturated carbocycles. The number of hydrazone groups is 1. The SMILES string of the molecule is Cc1ccc(Nc2nc(N/N=C/c3c(O)ccc4ccccc34)nc(N3CCOCC3)n2)cc1. The zero-order valence-corrected chi connectivity index (χ0v) is 18.8. The molecule has 0 unspecified atom stereocenters. The molecular formula is C25H25N7O2. The molecule has 1 fully saturated rings. The van der Waals surface area contributed by atoms with Gasteiger partial charge in [0, 0.05) is 24.3 Å². The molecule has 0 atom stereocenters. The molecule has 1 aromatic heterocycles. The largest absolute Gasteiger partial charge is 0.507 e. The molecule has 34 heavy (non-hydrogen) atoms. The summed E-state index contributed by atoms with van der Waals surface area (Å²) in [5.41, 5.74) is 5.56. The molecular weight excluding hydrogens is 430 g/mol. The van der Waals surface area contributed by atoms with Gasteiger partial charge in [-0.2, -0.15) is 20.1 Å². The van der Waals surface area contributed by atoms with Crippen LogP contribution in [0.4, 0.5) is 23.5 Å². The van der Waals surface area contributed by atoms with Crippen molar-refractivity contribution in [3.05, 3.63) is 71.8 Å². The van der Waals surface area contributed by atoms with Gasteiger partial charge < -0.3 is 20.1 Å². The number of nitrogens with zero attached hydrogens (tertiary/aromatic N) is 5. The normalized spacial score (nSPS) is 14.0. The number of ether oxygens (including phenoxy) is 1. The summed E-state index contributed by atoms with van der Waals surface area (Å²) in [6.45, 7) is 4.67. The fourth-order valence-electron chi connectivity index (χ4n) is 3.72. The number of aromatic hydroxyl groups is 1. The maximum Gasteiger partial charge on any atom is 0.250 e. The highest BCUT2D eigenvalue weighted by Crippen LogP contribution is 2.25. The Hall–Kier alpha value is -4.24. The van der Waals surface area contributed by atoms with Crippen LogP contribution in [0.5, 0.6) is 5.75 Å². The second-order valence-corrected chi connectivity index (χ2v) is 7.96. The summed E-state index contributed by atoms with van der Waals surface area (Å²) in [5, 5.41) is 19.8. The molecule has 9 heteroatoms. The van der Waals surface area contributed by atoms with Crippen molar-refractivity contribution >= 4 is 40.5 Å². The van der Waals surface area contributed by atoms with Crippen molar-refractivity contribution in [2.75, 3.05) is 41.9 Å². The number of aromatic nitrogens is 3. The summed E-state index contributed by atoms with van der Waals surface area (Å²) in [7, 11) is 0. The maximum atomic E-state index is 10.4. The lowest BCUT2D eigenvalue weighted by atomic mass is 10.0. The highest BCUT2D eigenvalue weighted by Gasteiger charge is 2.17.